The molecule has 34 heavy (non-hydrogen) atoms. The number of aromatic nitrogens is 2. The van der Waals surface area contributed by atoms with Gasteiger partial charge in [0.25, 0.3) is 5.91 Å². The Bertz CT molecular complexity index is 1010. The lowest BCUT2D eigenvalue weighted by molar-refractivity contribution is -0.136. The Labute approximate surface area is 201 Å². The van der Waals surface area contributed by atoms with E-state index in [9.17, 15) is 9.59 Å². The predicted octanol–water partition coefficient (Wildman–Crippen LogP) is 2.23. The zero-order valence-electron chi connectivity index (χ0n) is 20.6. The molecule has 1 aromatic carbocycles. The van der Waals surface area contributed by atoms with Crippen molar-refractivity contribution in [2.75, 3.05) is 47.0 Å². The summed E-state index contributed by atoms with van der Waals surface area (Å²) in [5.74, 6) is 0.719. The number of nitrogens with zero attached hydrogens (tertiary/aromatic N) is 5. The highest BCUT2D eigenvalue weighted by Gasteiger charge is 2.57. The highest BCUT2D eigenvalue weighted by Crippen LogP contribution is 2.38. The molecule has 0 radical (unpaired) electrons. The summed E-state index contributed by atoms with van der Waals surface area (Å²) in [6.07, 6.45) is 3.99. The number of rotatable bonds is 9. The molecular weight excluding hydrogens is 434 g/mol. The van der Waals surface area contributed by atoms with E-state index in [1.807, 2.05) is 47.8 Å². The van der Waals surface area contributed by atoms with Gasteiger partial charge in [-0.25, -0.2) is 4.79 Å². The van der Waals surface area contributed by atoms with Crippen molar-refractivity contribution in [3.05, 3.63) is 47.3 Å². The Balaban J connectivity index is 1.49. The van der Waals surface area contributed by atoms with Crippen LogP contribution in [-0.2, 0) is 29.5 Å². The second-order valence-corrected chi connectivity index (χ2v) is 9.20. The summed E-state index contributed by atoms with van der Waals surface area (Å²) >= 11 is 0. The van der Waals surface area contributed by atoms with Gasteiger partial charge < -0.3 is 14.4 Å². The van der Waals surface area contributed by atoms with Gasteiger partial charge in [0.1, 0.15) is 11.3 Å². The maximum Gasteiger partial charge on any atom is 0.327 e. The lowest BCUT2D eigenvalue weighted by Crippen LogP contribution is -2.56. The molecule has 2 aromatic rings. The Morgan fingerprint density at radius 3 is 2.35 bits per heavy atom. The second-order valence-electron chi connectivity index (χ2n) is 9.20. The summed E-state index contributed by atoms with van der Waals surface area (Å²) < 4.78 is 12.2. The lowest BCUT2D eigenvalue weighted by Gasteiger charge is -2.42. The number of aryl methyl sites for hydroxylation is 2. The van der Waals surface area contributed by atoms with Crippen LogP contribution < -0.4 is 4.74 Å². The number of piperidine rings is 1. The van der Waals surface area contributed by atoms with Crippen LogP contribution in [0.2, 0.25) is 0 Å². The van der Waals surface area contributed by atoms with Gasteiger partial charge >= 0.3 is 6.03 Å². The Kier molecular flexibility index (Phi) is 7.23. The van der Waals surface area contributed by atoms with Crippen molar-refractivity contribution >= 4 is 11.9 Å². The number of imide groups is 1. The molecule has 1 aromatic heterocycles. The van der Waals surface area contributed by atoms with Gasteiger partial charge in [-0.15, -0.1) is 0 Å². The van der Waals surface area contributed by atoms with Crippen LogP contribution in [0.1, 0.15) is 29.7 Å². The van der Waals surface area contributed by atoms with E-state index in [1.165, 1.54) is 10.5 Å². The largest absolute Gasteiger partial charge is 0.497 e. The first-order valence-corrected chi connectivity index (χ1v) is 11.8. The van der Waals surface area contributed by atoms with Gasteiger partial charge in [0.2, 0.25) is 0 Å². The monoisotopic (exact) mass is 469 g/mol. The fourth-order valence-electron chi connectivity index (χ4n) is 5.11. The summed E-state index contributed by atoms with van der Waals surface area (Å²) in [7, 11) is 5.16. The summed E-state index contributed by atoms with van der Waals surface area (Å²) in [6, 6.07) is 7.66. The smallest absolute Gasteiger partial charge is 0.327 e. The number of carbonyl (C=O) groups excluding carboxylic acids is 2. The van der Waals surface area contributed by atoms with Gasteiger partial charge in [0.15, 0.2) is 0 Å². The number of hydrogen-bond donors (Lipinski definition) is 0. The van der Waals surface area contributed by atoms with E-state index in [0.717, 1.165) is 36.6 Å². The molecule has 3 amide bonds. The third-order valence-corrected chi connectivity index (χ3v) is 7.12. The molecule has 2 fully saturated rings. The van der Waals surface area contributed by atoms with Crippen LogP contribution in [0.25, 0.3) is 0 Å². The molecule has 0 bridgehead atoms. The van der Waals surface area contributed by atoms with Crippen LogP contribution in [0, 0.1) is 6.92 Å². The first-order chi connectivity index (χ1) is 16.4. The van der Waals surface area contributed by atoms with Gasteiger partial charge in [-0.2, -0.15) is 5.10 Å². The van der Waals surface area contributed by atoms with Crippen molar-refractivity contribution in [2.24, 2.45) is 7.05 Å². The molecule has 9 heteroatoms. The van der Waals surface area contributed by atoms with Crippen molar-refractivity contribution in [3.63, 3.8) is 0 Å². The topological polar surface area (TPSA) is 80.1 Å². The standard InChI is InChI=1S/C25H35N5O4/c1-19-21(17-27(2)26-19)18-28-13-10-25(11-14-28)23(31)29(15-16-33-3)24(32)30(25)12-9-20-5-7-22(34-4)8-6-20/h5-8,17H,9-16,18H2,1-4H3. The predicted molar refractivity (Wildman–Crippen MR) is 128 cm³/mol. The average molecular weight is 470 g/mol. The minimum absolute atomic E-state index is 0.0820. The molecule has 3 heterocycles. The van der Waals surface area contributed by atoms with Crippen molar-refractivity contribution in [2.45, 2.75) is 38.3 Å². The number of methoxy groups -OCH3 is 2. The normalized spacial score (nSPS) is 18.4. The van der Waals surface area contributed by atoms with E-state index < -0.39 is 5.54 Å². The maximum absolute atomic E-state index is 13.6. The number of ether oxygens (including phenoxy) is 2. The number of carbonyl (C=O) groups is 2. The highest BCUT2D eigenvalue weighted by atomic mass is 16.5. The third-order valence-electron chi connectivity index (χ3n) is 7.12. The summed E-state index contributed by atoms with van der Waals surface area (Å²) in [4.78, 5) is 32.5. The van der Waals surface area contributed by atoms with Crippen LogP contribution in [0.4, 0.5) is 4.79 Å². The first-order valence-electron chi connectivity index (χ1n) is 11.8. The fraction of sp³-hybridized carbons (Fsp3) is 0.560. The number of benzene rings is 1. The Morgan fingerprint density at radius 2 is 1.76 bits per heavy atom. The molecule has 9 nitrogen and oxygen atoms in total. The lowest BCUT2D eigenvalue weighted by atomic mass is 9.85. The summed E-state index contributed by atoms with van der Waals surface area (Å²) in [6.45, 7) is 5.46. The molecule has 2 aliphatic heterocycles. The molecule has 0 unspecified atom stereocenters. The van der Waals surface area contributed by atoms with Crippen LogP contribution in [0.3, 0.4) is 0 Å². The second kappa shape index (κ2) is 10.1. The SMILES string of the molecule is COCCN1C(=O)N(CCc2ccc(OC)cc2)C2(CCN(Cc3cn(C)nc3C)CC2)C1=O. The quantitative estimate of drug-likeness (QED) is 0.524. The van der Waals surface area contributed by atoms with Crippen LogP contribution >= 0.6 is 0 Å². The van der Waals surface area contributed by atoms with Gasteiger partial charge in [-0.3, -0.25) is 19.3 Å². The highest BCUT2D eigenvalue weighted by molar-refractivity contribution is 6.07. The van der Waals surface area contributed by atoms with Gasteiger partial charge in [0, 0.05) is 52.1 Å². The van der Waals surface area contributed by atoms with E-state index >= 15 is 0 Å². The minimum Gasteiger partial charge on any atom is -0.497 e. The van der Waals surface area contributed by atoms with Gasteiger partial charge in [0.05, 0.1) is 26.0 Å². The van der Waals surface area contributed by atoms with Crippen LogP contribution in [0.5, 0.6) is 5.75 Å². The molecule has 4 rings (SSSR count). The van der Waals surface area contributed by atoms with E-state index in [4.69, 9.17) is 9.47 Å². The summed E-state index contributed by atoms with van der Waals surface area (Å²) in [5, 5.41) is 4.44. The average Bonchev–Trinajstić information content (AvgIpc) is 3.25. The molecule has 0 atom stereocenters. The van der Waals surface area contributed by atoms with Crippen molar-refractivity contribution in [1.82, 2.24) is 24.5 Å². The molecule has 184 valence electrons. The molecule has 2 saturated heterocycles. The zero-order valence-corrected chi connectivity index (χ0v) is 20.6. The van der Waals surface area contributed by atoms with E-state index in [2.05, 4.69) is 16.2 Å². The van der Waals surface area contributed by atoms with Gasteiger partial charge in [-0.05, 0) is 43.9 Å². The Morgan fingerprint density at radius 1 is 1.06 bits per heavy atom. The van der Waals surface area contributed by atoms with Crippen LogP contribution in [-0.4, -0.2) is 89.0 Å². The maximum atomic E-state index is 13.6. The van der Waals surface area contributed by atoms with E-state index in [0.29, 0.717) is 32.4 Å². The zero-order chi connectivity index (χ0) is 24.3. The van der Waals surface area contributed by atoms with Crippen molar-refractivity contribution in [1.29, 1.82) is 0 Å². The Hall–Kier alpha value is -2.91. The molecule has 0 N–H and O–H groups in total. The van der Waals surface area contributed by atoms with Crippen LogP contribution in [0.15, 0.2) is 30.5 Å². The molecular formula is C25H35N5O4. The van der Waals surface area contributed by atoms with E-state index in [1.54, 1.807) is 14.2 Å². The number of amides is 3. The number of hydrogen-bond acceptors (Lipinski definition) is 6. The fourth-order valence-corrected chi connectivity index (χ4v) is 5.11. The third kappa shape index (κ3) is 4.67. The van der Waals surface area contributed by atoms with Crippen molar-refractivity contribution in [3.8, 4) is 5.75 Å². The minimum atomic E-state index is -0.780. The number of urea groups is 1. The molecule has 0 saturated carbocycles. The molecule has 1 spiro atoms. The molecule has 2 aliphatic rings. The number of likely N-dealkylation sites (tertiary alicyclic amines) is 1. The van der Waals surface area contributed by atoms with E-state index in [-0.39, 0.29) is 18.5 Å². The summed E-state index contributed by atoms with van der Waals surface area (Å²) in [5.41, 5.74) is 2.56. The first kappa shape index (κ1) is 24.2. The van der Waals surface area contributed by atoms with Crippen molar-refractivity contribution < 1.29 is 19.1 Å². The molecule has 0 aliphatic carbocycles. The van der Waals surface area contributed by atoms with Gasteiger partial charge in [-0.1, -0.05) is 12.1 Å².